The third kappa shape index (κ3) is 3.48. The second-order valence-corrected chi connectivity index (χ2v) is 9.14. The zero-order valence-corrected chi connectivity index (χ0v) is 17.8. The van der Waals surface area contributed by atoms with E-state index in [1.807, 2.05) is 25.1 Å². The number of nitrogens with one attached hydrogen (secondary N) is 1. The summed E-state index contributed by atoms with van der Waals surface area (Å²) in [5, 5.41) is 3.89. The third-order valence-electron chi connectivity index (χ3n) is 5.41. The molecule has 0 unspecified atom stereocenters. The molecule has 2 aromatic heterocycles. The first-order chi connectivity index (χ1) is 13.0. The molecule has 0 saturated heterocycles. The number of nitrogens with zero attached hydrogens (tertiary/aromatic N) is 1. The number of halogens is 1. The largest absolute Gasteiger partial charge is 0.397 e. The smallest absolute Gasteiger partial charge is 0.267 e. The van der Waals surface area contributed by atoms with E-state index in [9.17, 15) is 4.79 Å². The number of benzene rings is 1. The van der Waals surface area contributed by atoms with Gasteiger partial charge in [-0.2, -0.15) is 0 Å². The van der Waals surface area contributed by atoms with Gasteiger partial charge in [0.15, 0.2) is 0 Å². The maximum Gasteiger partial charge on any atom is 0.267 e. The predicted molar refractivity (Wildman–Crippen MR) is 117 cm³/mol. The van der Waals surface area contributed by atoms with Crippen molar-refractivity contribution < 1.29 is 4.79 Å². The number of nitrogen functional groups attached to an aromatic ring is 1. The van der Waals surface area contributed by atoms with Crippen molar-refractivity contribution in [2.45, 2.75) is 39.5 Å². The van der Waals surface area contributed by atoms with Crippen LogP contribution in [0.2, 0.25) is 0 Å². The van der Waals surface area contributed by atoms with Gasteiger partial charge in [0.05, 0.1) is 5.69 Å². The van der Waals surface area contributed by atoms with Crippen LogP contribution in [0.25, 0.3) is 10.2 Å². The topological polar surface area (TPSA) is 68.0 Å². The van der Waals surface area contributed by atoms with Gasteiger partial charge in [-0.15, -0.1) is 11.3 Å². The molecular weight excluding hydrogens is 422 g/mol. The van der Waals surface area contributed by atoms with Crippen LogP contribution < -0.4 is 11.1 Å². The zero-order chi connectivity index (χ0) is 19.1. The van der Waals surface area contributed by atoms with E-state index in [2.05, 4.69) is 34.2 Å². The molecule has 1 aliphatic rings. The fraction of sp³-hybridized carbons (Fsp3) is 0.333. The molecule has 4 rings (SSSR count). The van der Waals surface area contributed by atoms with Crippen LogP contribution in [0.1, 0.15) is 46.3 Å². The Labute approximate surface area is 171 Å². The van der Waals surface area contributed by atoms with Gasteiger partial charge < -0.3 is 11.1 Å². The lowest BCUT2D eigenvalue weighted by Gasteiger charge is -2.22. The molecule has 0 saturated carbocycles. The number of rotatable bonds is 3. The predicted octanol–water partition coefficient (Wildman–Crippen LogP) is 5.72. The summed E-state index contributed by atoms with van der Waals surface area (Å²) in [6.45, 7) is 4.21. The molecule has 6 heteroatoms. The van der Waals surface area contributed by atoms with Crippen LogP contribution in [-0.4, -0.2) is 10.9 Å². The van der Waals surface area contributed by atoms with Crippen LogP contribution in [0, 0.1) is 12.8 Å². The van der Waals surface area contributed by atoms with Crippen LogP contribution >= 0.6 is 27.3 Å². The Morgan fingerprint density at radius 1 is 1.41 bits per heavy atom. The number of anilines is 2. The second-order valence-electron chi connectivity index (χ2n) is 7.22. The highest BCUT2D eigenvalue weighted by molar-refractivity contribution is 9.10. The molecule has 1 atom stereocenters. The second kappa shape index (κ2) is 7.24. The third-order valence-corrected chi connectivity index (χ3v) is 7.02. The molecule has 3 N–H and O–H groups in total. The molecule has 2 heterocycles. The highest BCUT2D eigenvalue weighted by Crippen LogP contribution is 2.37. The van der Waals surface area contributed by atoms with Crippen molar-refractivity contribution in [3.8, 4) is 0 Å². The Kier molecular flexibility index (Phi) is 4.95. The molecule has 0 aliphatic heterocycles. The number of aryl methyl sites for hydroxylation is 2. The van der Waals surface area contributed by atoms with Gasteiger partial charge in [0.1, 0.15) is 9.71 Å². The first-order valence-electron chi connectivity index (χ1n) is 9.24. The van der Waals surface area contributed by atoms with Gasteiger partial charge in [0, 0.05) is 21.2 Å². The van der Waals surface area contributed by atoms with Gasteiger partial charge in [-0.1, -0.05) is 29.3 Å². The number of hydrogen-bond acceptors (Lipinski definition) is 4. The zero-order valence-electron chi connectivity index (χ0n) is 15.4. The SMILES string of the molecule is CC[C@@H]1CCc2nc3sc(C(=O)Nc4ccc(Br)cc4C)c(N)c3cc2C1. The van der Waals surface area contributed by atoms with Crippen LogP contribution in [0.4, 0.5) is 11.4 Å². The van der Waals surface area contributed by atoms with Gasteiger partial charge in [-0.3, -0.25) is 4.79 Å². The number of pyridine rings is 1. The number of fused-ring (bicyclic) bond motifs is 2. The Balaban J connectivity index is 1.68. The van der Waals surface area contributed by atoms with Gasteiger partial charge in [0.25, 0.3) is 5.91 Å². The molecule has 27 heavy (non-hydrogen) atoms. The van der Waals surface area contributed by atoms with E-state index >= 15 is 0 Å². The number of aromatic nitrogens is 1. The summed E-state index contributed by atoms with van der Waals surface area (Å²) in [6, 6.07) is 7.94. The van der Waals surface area contributed by atoms with Crippen LogP contribution in [0.3, 0.4) is 0 Å². The standard InChI is InChI=1S/C21H22BrN3OS/c1-3-12-4-6-17-13(9-12)10-15-18(23)19(27-21(15)25-17)20(26)24-16-7-5-14(22)8-11(16)2/h5,7-8,10,12H,3-4,6,9,23H2,1-2H3,(H,24,26)/t12-/m1/s1. The fourth-order valence-electron chi connectivity index (χ4n) is 3.73. The van der Waals surface area contributed by atoms with E-state index in [4.69, 9.17) is 10.7 Å². The number of amides is 1. The summed E-state index contributed by atoms with van der Waals surface area (Å²) in [5.41, 5.74) is 11.1. The van der Waals surface area contributed by atoms with Crippen molar-refractivity contribution >= 4 is 54.8 Å². The minimum absolute atomic E-state index is 0.176. The lowest BCUT2D eigenvalue weighted by Crippen LogP contribution is -2.14. The minimum Gasteiger partial charge on any atom is -0.397 e. The molecule has 3 aromatic rings. The van der Waals surface area contributed by atoms with E-state index in [0.29, 0.717) is 10.6 Å². The van der Waals surface area contributed by atoms with Crippen molar-refractivity contribution in [3.63, 3.8) is 0 Å². The monoisotopic (exact) mass is 443 g/mol. The summed E-state index contributed by atoms with van der Waals surface area (Å²) in [7, 11) is 0. The molecule has 140 valence electrons. The Bertz CT molecular complexity index is 1040. The lowest BCUT2D eigenvalue weighted by atomic mass is 9.85. The normalized spacial score (nSPS) is 16.3. The summed E-state index contributed by atoms with van der Waals surface area (Å²) in [4.78, 5) is 19.1. The number of thiophene rings is 1. The number of carbonyl (C=O) groups excluding carboxylic acids is 1. The number of hydrogen-bond donors (Lipinski definition) is 2. The number of carbonyl (C=O) groups is 1. The maximum atomic E-state index is 12.8. The molecule has 0 radical (unpaired) electrons. The lowest BCUT2D eigenvalue weighted by molar-refractivity contribution is 0.103. The summed E-state index contributed by atoms with van der Waals surface area (Å²) < 4.78 is 0.986. The molecule has 0 fully saturated rings. The quantitative estimate of drug-likeness (QED) is 0.543. The molecular formula is C21H22BrN3OS. The highest BCUT2D eigenvalue weighted by atomic mass is 79.9. The van der Waals surface area contributed by atoms with E-state index in [1.165, 1.54) is 35.4 Å². The fourth-order valence-corrected chi connectivity index (χ4v) is 5.20. The number of nitrogens with two attached hydrogens (primary N) is 1. The summed E-state index contributed by atoms with van der Waals surface area (Å²) >= 11 is 4.83. The van der Waals surface area contributed by atoms with Crippen molar-refractivity contribution in [2.75, 3.05) is 11.1 Å². The van der Waals surface area contributed by atoms with Gasteiger partial charge in [0.2, 0.25) is 0 Å². The Morgan fingerprint density at radius 3 is 2.96 bits per heavy atom. The Morgan fingerprint density at radius 2 is 2.22 bits per heavy atom. The average Bonchev–Trinajstić information content (AvgIpc) is 2.97. The van der Waals surface area contributed by atoms with Crippen LogP contribution in [-0.2, 0) is 12.8 Å². The van der Waals surface area contributed by atoms with Crippen molar-refractivity contribution in [2.24, 2.45) is 5.92 Å². The van der Waals surface area contributed by atoms with Crippen molar-refractivity contribution in [1.82, 2.24) is 4.98 Å². The van der Waals surface area contributed by atoms with Gasteiger partial charge in [-0.05, 0) is 67.5 Å². The highest BCUT2D eigenvalue weighted by Gasteiger charge is 2.23. The summed E-state index contributed by atoms with van der Waals surface area (Å²) in [5.74, 6) is 0.546. The first-order valence-corrected chi connectivity index (χ1v) is 10.9. The molecule has 4 nitrogen and oxygen atoms in total. The van der Waals surface area contributed by atoms with E-state index in [-0.39, 0.29) is 5.91 Å². The first kappa shape index (κ1) is 18.4. The molecule has 1 amide bonds. The molecule has 1 aliphatic carbocycles. The van der Waals surface area contributed by atoms with E-state index in [1.54, 1.807) is 0 Å². The van der Waals surface area contributed by atoms with Crippen molar-refractivity contribution in [3.05, 3.63) is 50.4 Å². The molecule has 0 spiro atoms. The summed E-state index contributed by atoms with van der Waals surface area (Å²) in [6.07, 6.45) is 4.46. The van der Waals surface area contributed by atoms with E-state index < -0.39 is 0 Å². The molecule has 0 bridgehead atoms. The van der Waals surface area contributed by atoms with Crippen molar-refractivity contribution in [1.29, 1.82) is 0 Å². The van der Waals surface area contributed by atoms with Gasteiger partial charge >= 0.3 is 0 Å². The van der Waals surface area contributed by atoms with E-state index in [0.717, 1.165) is 44.7 Å². The minimum atomic E-state index is -0.176. The van der Waals surface area contributed by atoms with Crippen LogP contribution in [0.5, 0.6) is 0 Å². The average molecular weight is 444 g/mol. The Hall–Kier alpha value is -1.92. The van der Waals surface area contributed by atoms with Crippen LogP contribution in [0.15, 0.2) is 28.7 Å². The maximum absolute atomic E-state index is 12.8. The van der Waals surface area contributed by atoms with Gasteiger partial charge in [-0.25, -0.2) is 4.98 Å². The molecule has 1 aromatic carbocycles.